The van der Waals surface area contributed by atoms with Crippen LogP contribution in [0.15, 0.2) is 41.0 Å². The molecule has 3 amide bonds. The summed E-state index contributed by atoms with van der Waals surface area (Å²) in [7, 11) is 1.58. The number of nitrogens with one attached hydrogen (secondary N) is 1. The van der Waals surface area contributed by atoms with Crippen LogP contribution in [0.1, 0.15) is 39.2 Å². The number of hydrogen-bond donors (Lipinski definition) is 1. The highest BCUT2D eigenvalue weighted by molar-refractivity contribution is 6.07. The number of ether oxygens (including phenoxy) is 1. The molecule has 6 heteroatoms. The molecule has 4 aliphatic rings. The molecule has 1 aliphatic heterocycles. The van der Waals surface area contributed by atoms with E-state index in [1.807, 2.05) is 0 Å². The van der Waals surface area contributed by atoms with E-state index in [4.69, 9.17) is 4.74 Å². The van der Waals surface area contributed by atoms with Crippen molar-refractivity contribution in [1.29, 1.82) is 0 Å². The highest BCUT2D eigenvalue weighted by Crippen LogP contribution is 2.58. The Morgan fingerprint density at radius 3 is 2.52 bits per heavy atom. The van der Waals surface area contributed by atoms with Crippen LogP contribution in [0.5, 0.6) is 5.75 Å². The first-order valence-electron chi connectivity index (χ1n) is 9.32. The van der Waals surface area contributed by atoms with Crippen LogP contribution in [-0.4, -0.2) is 30.3 Å². The van der Waals surface area contributed by atoms with E-state index in [0.717, 1.165) is 29.3 Å². The number of fused-ring (bicyclic) bond motifs is 1. The van der Waals surface area contributed by atoms with Gasteiger partial charge in [-0.3, -0.25) is 4.79 Å². The summed E-state index contributed by atoms with van der Waals surface area (Å²) in [5.74, 6) is 1.50. The molecule has 0 aromatic heterocycles. The Morgan fingerprint density at radius 2 is 1.93 bits per heavy atom. The zero-order valence-corrected chi connectivity index (χ0v) is 16.2. The molecule has 2 fully saturated rings. The van der Waals surface area contributed by atoms with Gasteiger partial charge in [-0.2, -0.15) is 5.10 Å². The van der Waals surface area contributed by atoms with Crippen molar-refractivity contribution in [2.45, 2.75) is 39.2 Å². The highest BCUT2D eigenvalue weighted by Gasteiger charge is 2.52. The molecule has 1 heterocycles. The van der Waals surface area contributed by atoms with Gasteiger partial charge in [-0.15, -0.1) is 5.01 Å². The number of allylic oxidation sites excluding steroid dienone is 2. The summed E-state index contributed by atoms with van der Waals surface area (Å²) >= 11 is 0. The van der Waals surface area contributed by atoms with Crippen molar-refractivity contribution in [3.05, 3.63) is 41.5 Å². The third-order valence-corrected chi connectivity index (χ3v) is 6.67. The Bertz CT molecular complexity index is 856. The van der Waals surface area contributed by atoms with Crippen LogP contribution >= 0.6 is 0 Å². The first-order valence-corrected chi connectivity index (χ1v) is 9.32. The molecule has 1 aromatic rings. The molecule has 0 unspecified atom stereocenters. The minimum atomic E-state index is -1.14. The fourth-order valence-corrected chi connectivity index (χ4v) is 4.52. The molecular formula is C21H25N3O3. The maximum absolute atomic E-state index is 13.0. The van der Waals surface area contributed by atoms with Gasteiger partial charge in [-0.05, 0) is 60.3 Å². The average molecular weight is 367 g/mol. The predicted octanol–water partition coefficient (Wildman–Crippen LogP) is 3.44. The van der Waals surface area contributed by atoms with Gasteiger partial charge in [0.2, 0.25) is 0 Å². The third-order valence-electron chi connectivity index (χ3n) is 6.67. The number of nitrogens with zero attached hydrogens (tertiary/aromatic N) is 2. The lowest BCUT2D eigenvalue weighted by Gasteiger charge is -2.55. The molecule has 3 atom stereocenters. The summed E-state index contributed by atoms with van der Waals surface area (Å²) < 4.78 is 5.16. The number of imide groups is 1. The molecule has 1 aromatic carbocycles. The van der Waals surface area contributed by atoms with Gasteiger partial charge in [0.1, 0.15) is 11.3 Å². The minimum absolute atomic E-state index is 0.269. The van der Waals surface area contributed by atoms with E-state index in [1.54, 1.807) is 44.5 Å². The first-order chi connectivity index (χ1) is 12.8. The third kappa shape index (κ3) is 2.58. The zero-order chi connectivity index (χ0) is 19.4. The fourth-order valence-electron chi connectivity index (χ4n) is 4.52. The highest BCUT2D eigenvalue weighted by atomic mass is 16.5. The van der Waals surface area contributed by atoms with Gasteiger partial charge in [0.25, 0.3) is 5.91 Å². The summed E-state index contributed by atoms with van der Waals surface area (Å²) in [6.45, 7) is 6.26. The van der Waals surface area contributed by atoms with Crippen LogP contribution in [0.3, 0.4) is 0 Å². The van der Waals surface area contributed by atoms with Gasteiger partial charge in [0.05, 0.1) is 13.3 Å². The molecule has 1 saturated heterocycles. The Morgan fingerprint density at radius 1 is 1.22 bits per heavy atom. The number of hydrogen-bond acceptors (Lipinski definition) is 4. The molecule has 6 nitrogen and oxygen atoms in total. The topological polar surface area (TPSA) is 71.0 Å². The fraction of sp³-hybridized carbons (Fsp3) is 0.476. The molecule has 27 heavy (non-hydrogen) atoms. The first kappa shape index (κ1) is 17.8. The van der Waals surface area contributed by atoms with Crippen molar-refractivity contribution in [3.63, 3.8) is 0 Å². The summed E-state index contributed by atoms with van der Waals surface area (Å²) in [5.41, 5.74) is 0.952. The van der Waals surface area contributed by atoms with Gasteiger partial charge in [-0.25, -0.2) is 4.79 Å². The van der Waals surface area contributed by atoms with E-state index in [-0.39, 0.29) is 11.3 Å². The van der Waals surface area contributed by atoms with Gasteiger partial charge in [-0.1, -0.05) is 32.1 Å². The summed E-state index contributed by atoms with van der Waals surface area (Å²) in [6.07, 6.45) is 6.08. The smallest absolute Gasteiger partial charge is 0.346 e. The Hall–Kier alpha value is -2.63. The largest absolute Gasteiger partial charge is 0.497 e. The van der Waals surface area contributed by atoms with E-state index in [9.17, 15) is 9.59 Å². The number of methoxy groups -OCH3 is 1. The second kappa shape index (κ2) is 5.94. The summed E-state index contributed by atoms with van der Waals surface area (Å²) in [6, 6.07) is 6.61. The summed E-state index contributed by atoms with van der Waals surface area (Å²) in [5, 5.41) is 7.98. The van der Waals surface area contributed by atoms with E-state index < -0.39 is 11.6 Å². The van der Waals surface area contributed by atoms with Gasteiger partial charge < -0.3 is 10.1 Å². The molecule has 1 saturated carbocycles. The molecular weight excluding hydrogens is 342 g/mol. The summed E-state index contributed by atoms with van der Waals surface area (Å²) in [4.78, 5) is 25.4. The normalized spacial score (nSPS) is 31.6. The lowest BCUT2D eigenvalue weighted by Crippen LogP contribution is -2.48. The molecule has 1 N–H and O–H groups in total. The van der Waals surface area contributed by atoms with Crippen LogP contribution in [-0.2, 0) is 10.3 Å². The number of benzene rings is 1. The van der Waals surface area contributed by atoms with Crippen LogP contribution in [0, 0.1) is 17.3 Å². The second-order valence-corrected chi connectivity index (χ2v) is 8.39. The Kier molecular flexibility index (Phi) is 3.91. The maximum atomic E-state index is 13.0. The second-order valence-electron chi connectivity index (χ2n) is 8.39. The maximum Gasteiger partial charge on any atom is 0.346 e. The van der Waals surface area contributed by atoms with Crippen molar-refractivity contribution in [1.82, 2.24) is 10.3 Å². The van der Waals surface area contributed by atoms with Crippen LogP contribution in [0.4, 0.5) is 4.79 Å². The number of carbonyl (C=O) groups excluding carboxylic acids is 2. The Balaban J connectivity index is 1.55. The standard InChI is InChI=1S/C21H25N3O3/c1-20(2)15-6-5-13(17(20)11-15)12-22-24-18(25)21(3,23-19(24)26)14-7-9-16(27-4)10-8-14/h5,7-10,12,15,17H,6,11H2,1-4H3,(H,23,26)/b22-12-/t15-,17+,21+/m1/s1. The van der Waals surface area contributed by atoms with Crippen molar-refractivity contribution < 1.29 is 14.3 Å². The van der Waals surface area contributed by atoms with Crippen molar-refractivity contribution >= 4 is 18.2 Å². The molecule has 5 rings (SSSR count). The van der Waals surface area contributed by atoms with Crippen molar-refractivity contribution in [3.8, 4) is 5.75 Å². The lowest BCUT2D eigenvalue weighted by molar-refractivity contribution is -0.131. The molecule has 142 valence electrons. The van der Waals surface area contributed by atoms with E-state index >= 15 is 0 Å². The number of carbonyl (C=O) groups is 2. The molecule has 0 radical (unpaired) electrons. The minimum Gasteiger partial charge on any atom is -0.497 e. The quantitative estimate of drug-likeness (QED) is 0.655. The number of urea groups is 1. The van der Waals surface area contributed by atoms with Crippen molar-refractivity contribution in [2.75, 3.05) is 7.11 Å². The van der Waals surface area contributed by atoms with E-state index in [2.05, 4.69) is 30.3 Å². The molecule has 3 aliphatic carbocycles. The number of rotatable bonds is 4. The van der Waals surface area contributed by atoms with Gasteiger partial charge >= 0.3 is 6.03 Å². The van der Waals surface area contributed by atoms with Gasteiger partial charge in [0, 0.05) is 0 Å². The average Bonchev–Trinajstić information content (AvgIpc) is 2.89. The van der Waals surface area contributed by atoms with E-state index in [1.165, 1.54) is 0 Å². The van der Waals surface area contributed by atoms with Gasteiger partial charge in [0.15, 0.2) is 0 Å². The number of amides is 3. The van der Waals surface area contributed by atoms with Crippen LogP contribution in [0.25, 0.3) is 0 Å². The van der Waals surface area contributed by atoms with Crippen molar-refractivity contribution in [2.24, 2.45) is 22.4 Å². The monoisotopic (exact) mass is 367 g/mol. The predicted molar refractivity (Wildman–Crippen MR) is 102 cm³/mol. The van der Waals surface area contributed by atoms with E-state index in [0.29, 0.717) is 17.2 Å². The van der Waals surface area contributed by atoms with Crippen LogP contribution < -0.4 is 10.1 Å². The number of hydrazone groups is 1. The lowest BCUT2D eigenvalue weighted by atomic mass is 9.49. The SMILES string of the molecule is COc1ccc([C@]2(C)NC(=O)N(/N=C\C3=CC[C@@H]4C[C@@H]3C4(C)C)C2=O)cc1. The van der Waals surface area contributed by atoms with Crippen LogP contribution in [0.2, 0.25) is 0 Å². The zero-order valence-electron chi connectivity index (χ0n) is 16.2. The Labute approximate surface area is 159 Å². The molecule has 2 bridgehead atoms. The molecule has 0 spiro atoms.